The first-order valence-corrected chi connectivity index (χ1v) is 5.00. The van der Waals surface area contributed by atoms with Crippen molar-refractivity contribution < 1.29 is 0 Å². The summed E-state index contributed by atoms with van der Waals surface area (Å²) in [4.78, 5) is 0. The molecule has 0 atom stereocenters. The summed E-state index contributed by atoms with van der Waals surface area (Å²) in [5.41, 5.74) is 1.33. The number of alkyl halides is 3. The van der Waals surface area contributed by atoms with E-state index in [9.17, 15) is 0 Å². The summed E-state index contributed by atoms with van der Waals surface area (Å²) < 4.78 is -0.107. The molecule has 0 unspecified atom stereocenters. The van der Waals surface area contributed by atoms with Crippen molar-refractivity contribution >= 4 is 47.8 Å². The van der Waals surface area contributed by atoms with Gasteiger partial charge in [-0.1, -0.05) is 59.4 Å². The van der Waals surface area contributed by atoms with Gasteiger partial charge < -0.3 is 0 Å². The highest BCUT2D eigenvalue weighted by Crippen LogP contribution is 2.37. The van der Waals surface area contributed by atoms with Crippen molar-refractivity contribution in [2.24, 2.45) is 0 Å². The molecule has 0 aliphatic heterocycles. The lowest BCUT2D eigenvalue weighted by Gasteiger charge is -2.07. The van der Waals surface area contributed by atoms with Gasteiger partial charge in [-0.2, -0.15) is 0 Å². The van der Waals surface area contributed by atoms with Crippen molar-refractivity contribution in [1.82, 2.24) is 0 Å². The van der Waals surface area contributed by atoms with E-state index >= 15 is 0 Å². The van der Waals surface area contributed by atoms with E-state index in [1.807, 2.05) is 0 Å². The van der Waals surface area contributed by atoms with Gasteiger partial charge in [0.05, 0.1) is 0 Å². The van der Waals surface area contributed by atoms with Crippen LogP contribution in [0.4, 0.5) is 0 Å². The fourth-order valence-electron chi connectivity index (χ4n) is 0.320. The minimum Gasteiger partial charge on any atom is -0.0828 e. The van der Waals surface area contributed by atoms with Crippen molar-refractivity contribution in [2.75, 3.05) is 0 Å². The first kappa shape index (κ1) is 10.2. The van der Waals surface area contributed by atoms with Crippen LogP contribution in [0.3, 0.4) is 0 Å². The molecule has 0 N–H and O–H groups in total. The largest absolute Gasteiger partial charge is 0.138 e. The summed E-state index contributed by atoms with van der Waals surface area (Å²) in [5.74, 6) is 0. The minimum atomic E-state index is -0.107. The summed E-state index contributed by atoms with van der Waals surface area (Å²) in [6.45, 7) is 4.16. The molecule has 0 amide bonds. The van der Waals surface area contributed by atoms with E-state index in [-0.39, 0.29) is 2.14 Å². The van der Waals surface area contributed by atoms with Gasteiger partial charge in [0.15, 0.2) is 0 Å². The highest BCUT2D eigenvalue weighted by Gasteiger charge is 2.14. The Labute approximate surface area is 81.5 Å². The highest BCUT2D eigenvalue weighted by molar-refractivity contribution is 9.39. The molecule has 54 valence electrons. The van der Waals surface area contributed by atoms with Gasteiger partial charge in [-0.3, -0.25) is 0 Å². The smallest absolute Gasteiger partial charge is 0.0828 e. The first-order valence-electron chi connectivity index (χ1n) is 2.62. The zero-order chi connectivity index (χ0) is 7.49. The lowest BCUT2D eigenvalue weighted by Crippen LogP contribution is -1.95. The van der Waals surface area contributed by atoms with Gasteiger partial charge in [-0.15, -0.1) is 0 Å². The van der Waals surface area contributed by atoms with E-state index in [0.29, 0.717) is 0 Å². The van der Waals surface area contributed by atoms with Crippen LogP contribution in [-0.2, 0) is 0 Å². The second-order valence-electron chi connectivity index (χ2n) is 2.10. The van der Waals surface area contributed by atoms with Crippen LogP contribution in [0.1, 0.15) is 20.3 Å². The maximum atomic E-state index is 3.40. The summed E-state index contributed by atoms with van der Waals surface area (Å²) in [5, 5.41) is 0. The van der Waals surface area contributed by atoms with Gasteiger partial charge in [-0.25, -0.2) is 0 Å². The van der Waals surface area contributed by atoms with Crippen molar-refractivity contribution in [3.63, 3.8) is 0 Å². The van der Waals surface area contributed by atoms with Crippen LogP contribution < -0.4 is 0 Å². The van der Waals surface area contributed by atoms with Crippen LogP contribution in [0, 0.1) is 0 Å². The number of hydrogen-bond acceptors (Lipinski definition) is 0. The molecule has 3 heteroatoms. The van der Waals surface area contributed by atoms with Crippen molar-refractivity contribution in [1.29, 1.82) is 0 Å². The molecule has 0 spiro atoms. The van der Waals surface area contributed by atoms with Crippen LogP contribution in [0.15, 0.2) is 11.6 Å². The van der Waals surface area contributed by atoms with Crippen molar-refractivity contribution in [3.8, 4) is 0 Å². The Morgan fingerprint density at radius 3 is 1.89 bits per heavy atom. The first-order chi connectivity index (χ1) is 3.92. The molecule has 0 aromatic heterocycles. The monoisotopic (exact) mass is 318 g/mol. The SMILES string of the molecule is CC(C)=CCC(Br)(Br)Br. The lowest BCUT2D eigenvalue weighted by atomic mass is 10.3. The zero-order valence-corrected chi connectivity index (χ0v) is 10.2. The van der Waals surface area contributed by atoms with Crippen LogP contribution >= 0.6 is 47.8 Å². The molecular weight excluding hydrogens is 312 g/mol. The summed E-state index contributed by atoms with van der Waals surface area (Å²) in [6, 6.07) is 0. The third-order valence-electron chi connectivity index (χ3n) is 0.742. The molecule has 0 bridgehead atoms. The predicted octanol–water partition coefficient (Wildman–Crippen LogP) is 4.18. The molecule has 0 aromatic rings. The van der Waals surface area contributed by atoms with Gasteiger partial charge in [0.1, 0.15) is 2.14 Å². The Kier molecular flexibility index (Phi) is 4.68. The molecule has 0 heterocycles. The second-order valence-corrected chi connectivity index (χ2v) is 9.35. The van der Waals surface area contributed by atoms with E-state index in [4.69, 9.17) is 0 Å². The van der Waals surface area contributed by atoms with Gasteiger partial charge >= 0.3 is 0 Å². The maximum absolute atomic E-state index is 3.40. The molecule has 0 aliphatic carbocycles. The van der Waals surface area contributed by atoms with Gasteiger partial charge in [0.25, 0.3) is 0 Å². The van der Waals surface area contributed by atoms with E-state index in [0.717, 1.165) is 6.42 Å². The Hall–Kier alpha value is 1.18. The molecule has 0 radical (unpaired) electrons. The molecular formula is C6H9Br3. The highest BCUT2D eigenvalue weighted by atomic mass is 80.0. The van der Waals surface area contributed by atoms with Crippen molar-refractivity contribution in [2.45, 2.75) is 22.4 Å². The van der Waals surface area contributed by atoms with Crippen LogP contribution in [-0.4, -0.2) is 2.14 Å². The van der Waals surface area contributed by atoms with Crippen LogP contribution in [0.5, 0.6) is 0 Å². The second kappa shape index (κ2) is 4.14. The van der Waals surface area contributed by atoms with E-state index in [1.54, 1.807) is 0 Å². The molecule has 0 aromatic carbocycles. The number of halogens is 3. The summed E-state index contributed by atoms with van der Waals surface area (Å²) in [6.07, 6.45) is 3.09. The Bertz CT molecular complexity index is 106. The Balaban J connectivity index is 3.64. The van der Waals surface area contributed by atoms with E-state index in [2.05, 4.69) is 67.7 Å². The van der Waals surface area contributed by atoms with Gasteiger partial charge in [0, 0.05) is 6.42 Å². The molecule has 0 fully saturated rings. The fourth-order valence-corrected chi connectivity index (χ4v) is 0.805. The summed E-state index contributed by atoms with van der Waals surface area (Å²) >= 11 is 10.2. The van der Waals surface area contributed by atoms with Gasteiger partial charge in [0.2, 0.25) is 0 Å². The molecule has 0 saturated heterocycles. The third-order valence-corrected chi connectivity index (χ3v) is 1.71. The topological polar surface area (TPSA) is 0 Å². The van der Waals surface area contributed by atoms with E-state index in [1.165, 1.54) is 5.57 Å². The molecule has 0 rings (SSSR count). The molecule has 0 saturated carbocycles. The zero-order valence-electron chi connectivity index (χ0n) is 5.42. The normalized spacial score (nSPS) is 11.2. The maximum Gasteiger partial charge on any atom is 0.138 e. The quantitative estimate of drug-likeness (QED) is 0.502. The predicted molar refractivity (Wildman–Crippen MR) is 53.6 cm³/mol. The van der Waals surface area contributed by atoms with E-state index < -0.39 is 0 Å². The Morgan fingerprint density at radius 1 is 1.33 bits per heavy atom. The molecule has 9 heavy (non-hydrogen) atoms. The third kappa shape index (κ3) is 9.18. The number of hydrogen-bond donors (Lipinski definition) is 0. The average Bonchev–Trinajstić information content (AvgIpc) is 1.59. The van der Waals surface area contributed by atoms with Crippen molar-refractivity contribution in [3.05, 3.63) is 11.6 Å². The van der Waals surface area contributed by atoms with Crippen LogP contribution in [0.25, 0.3) is 0 Å². The fraction of sp³-hybridized carbons (Fsp3) is 0.667. The van der Waals surface area contributed by atoms with Gasteiger partial charge in [-0.05, 0) is 13.8 Å². The Morgan fingerprint density at radius 2 is 1.78 bits per heavy atom. The lowest BCUT2D eigenvalue weighted by molar-refractivity contribution is 1.13. The number of allylic oxidation sites excluding steroid dienone is 2. The molecule has 0 nitrogen and oxygen atoms in total. The average molecular weight is 321 g/mol. The van der Waals surface area contributed by atoms with Crippen LogP contribution in [0.2, 0.25) is 0 Å². The molecule has 0 aliphatic rings. The summed E-state index contributed by atoms with van der Waals surface area (Å²) in [7, 11) is 0. The number of rotatable bonds is 1. The standard InChI is InChI=1S/C6H9Br3/c1-5(2)3-4-6(7,8)9/h3H,4H2,1-2H3. The minimum absolute atomic E-state index is 0.107.